The zero-order valence-corrected chi connectivity index (χ0v) is 14.4. The summed E-state index contributed by atoms with van der Waals surface area (Å²) in [6.07, 6.45) is 1.03. The van der Waals surface area contributed by atoms with Crippen molar-refractivity contribution in [3.63, 3.8) is 0 Å². The zero-order valence-electron chi connectivity index (χ0n) is 13.7. The van der Waals surface area contributed by atoms with Crippen LogP contribution >= 0.6 is 11.6 Å². The summed E-state index contributed by atoms with van der Waals surface area (Å²) >= 11 is 5.91. The van der Waals surface area contributed by atoms with Gasteiger partial charge in [0, 0.05) is 29.7 Å². The van der Waals surface area contributed by atoms with E-state index in [0.29, 0.717) is 42.3 Å². The van der Waals surface area contributed by atoms with Crippen LogP contribution in [0, 0.1) is 0 Å². The van der Waals surface area contributed by atoms with E-state index in [2.05, 4.69) is 5.32 Å². The third kappa shape index (κ3) is 4.73. The second-order valence-corrected chi connectivity index (χ2v) is 6.36. The third-order valence-corrected chi connectivity index (χ3v) is 4.36. The lowest BCUT2D eigenvalue weighted by Crippen LogP contribution is -2.47. The van der Waals surface area contributed by atoms with Crippen molar-refractivity contribution in [3.05, 3.63) is 65.2 Å². The Morgan fingerprint density at radius 2 is 1.76 bits per heavy atom. The smallest absolute Gasteiger partial charge is 0.410 e. The summed E-state index contributed by atoms with van der Waals surface area (Å²) in [6, 6.07) is 15.9. The average molecular weight is 359 g/mol. The predicted octanol–water partition coefficient (Wildman–Crippen LogP) is 3.73. The minimum Gasteiger partial charge on any atom is -0.410 e. The van der Waals surface area contributed by atoms with Crippen LogP contribution in [0.25, 0.3) is 0 Å². The molecule has 5 nitrogen and oxygen atoms in total. The molecule has 2 aromatic rings. The molecule has 6 heteroatoms. The van der Waals surface area contributed by atoms with Gasteiger partial charge in [0.05, 0.1) is 0 Å². The molecule has 0 bridgehead atoms. The molecular weight excluding hydrogens is 340 g/mol. The normalized spacial score (nSPS) is 14.8. The summed E-state index contributed by atoms with van der Waals surface area (Å²) in [5.41, 5.74) is 0.540. The van der Waals surface area contributed by atoms with E-state index in [1.807, 2.05) is 18.2 Å². The van der Waals surface area contributed by atoms with Gasteiger partial charge in [0.1, 0.15) is 5.75 Å². The van der Waals surface area contributed by atoms with Crippen LogP contribution in [-0.4, -0.2) is 36.0 Å². The van der Waals surface area contributed by atoms with Crippen molar-refractivity contribution >= 4 is 23.6 Å². The van der Waals surface area contributed by atoms with Gasteiger partial charge in [-0.2, -0.15) is 0 Å². The minimum absolute atomic E-state index is 0.0345. The highest BCUT2D eigenvalue weighted by Gasteiger charge is 2.25. The van der Waals surface area contributed by atoms with Crippen LogP contribution in [0.3, 0.4) is 0 Å². The Kier molecular flexibility index (Phi) is 5.56. The number of likely N-dealkylation sites (tertiary alicyclic amines) is 1. The van der Waals surface area contributed by atoms with E-state index >= 15 is 0 Å². The van der Waals surface area contributed by atoms with Crippen LogP contribution in [0.2, 0.25) is 5.02 Å². The first kappa shape index (κ1) is 17.3. The fourth-order valence-electron chi connectivity index (χ4n) is 2.76. The Balaban J connectivity index is 1.48. The summed E-state index contributed by atoms with van der Waals surface area (Å²) in [6.45, 7) is 1.10. The standard InChI is InChI=1S/C19H19ClN2O3/c20-15-6-4-5-14(13-15)18(23)21-16-9-11-22(12-10-16)19(24)25-17-7-2-1-3-8-17/h1-8,13,16H,9-12H2,(H,21,23). The molecule has 1 aliphatic rings. The number of hydrogen-bond acceptors (Lipinski definition) is 3. The highest BCUT2D eigenvalue weighted by Crippen LogP contribution is 2.16. The topological polar surface area (TPSA) is 58.6 Å². The van der Waals surface area contributed by atoms with Crippen LogP contribution in [-0.2, 0) is 0 Å². The molecule has 2 aromatic carbocycles. The quantitative estimate of drug-likeness (QED) is 0.909. The van der Waals surface area contributed by atoms with Crippen LogP contribution in [0.5, 0.6) is 5.75 Å². The number of carbonyl (C=O) groups is 2. The van der Waals surface area contributed by atoms with Crippen molar-refractivity contribution in [2.24, 2.45) is 0 Å². The molecule has 25 heavy (non-hydrogen) atoms. The number of carbonyl (C=O) groups excluding carboxylic acids is 2. The molecule has 3 rings (SSSR count). The van der Waals surface area contributed by atoms with Gasteiger partial charge < -0.3 is 15.0 Å². The van der Waals surface area contributed by atoms with Crippen molar-refractivity contribution < 1.29 is 14.3 Å². The summed E-state index contributed by atoms with van der Waals surface area (Å²) in [5.74, 6) is 0.386. The van der Waals surface area contributed by atoms with Crippen molar-refractivity contribution in [2.75, 3.05) is 13.1 Å². The number of hydrogen-bond donors (Lipinski definition) is 1. The number of nitrogens with one attached hydrogen (secondary N) is 1. The number of amides is 2. The van der Waals surface area contributed by atoms with E-state index in [1.165, 1.54) is 0 Å². The molecule has 0 aromatic heterocycles. The average Bonchev–Trinajstić information content (AvgIpc) is 2.63. The lowest BCUT2D eigenvalue weighted by atomic mass is 10.0. The van der Waals surface area contributed by atoms with E-state index < -0.39 is 0 Å². The molecule has 0 unspecified atom stereocenters. The molecule has 2 amide bonds. The number of rotatable bonds is 3. The Morgan fingerprint density at radius 1 is 1.04 bits per heavy atom. The molecule has 1 saturated heterocycles. The summed E-state index contributed by atoms with van der Waals surface area (Å²) in [5, 5.41) is 3.53. The van der Waals surface area contributed by atoms with Gasteiger partial charge in [-0.25, -0.2) is 4.79 Å². The highest BCUT2D eigenvalue weighted by atomic mass is 35.5. The largest absolute Gasteiger partial charge is 0.415 e. The van der Waals surface area contributed by atoms with Crippen molar-refractivity contribution in [1.82, 2.24) is 10.2 Å². The van der Waals surface area contributed by atoms with Crippen molar-refractivity contribution in [3.8, 4) is 5.75 Å². The summed E-state index contributed by atoms with van der Waals surface area (Å²) in [4.78, 5) is 26.1. The van der Waals surface area contributed by atoms with Crippen molar-refractivity contribution in [1.29, 1.82) is 0 Å². The van der Waals surface area contributed by atoms with Crippen LogP contribution in [0.4, 0.5) is 4.79 Å². The number of nitrogens with zero attached hydrogens (tertiary/aromatic N) is 1. The van der Waals surface area contributed by atoms with E-state index in [0.717, 1.165) is 0 Å². The monoisotopic (exact) mass is 358 g/mol. The molecular formula is C19H19ClN2O3. The maximum atomic E-state index is 12.2. The molecule has 0 radical (unpaired) electrons. The van der Waals surface area contributed by atoms with Crippen LogP contribution in [0.1, 0.15) is 23.2 Å². The van der Waals surface area contributed by atoms with Gasteiger partial charge in [0.25, 0.3) is 5.91 Å². The SMILES string of the molecule is O=C(NC1CCN(C(=O)Oc2ccccc2)CC1)c1cccc(Cl)c1. The second-order valence-electron chi connectivity index (χ2n) is 5.93. The Labute approximate surface area is 151 Å². The fourth-order valence-corrected chi connectivity index (χ4v) is 2.95. The van der Waals surface area contributed by atoms with Gasteiger partial charge in [0.15, 0.2) is 0 Å². The van der Waals surface area contributed by atoms with E-state index in [-0.39, 0.29) is 18.0 Å². The number of para-hydroxylation sites is 1. The van der Waals surface area contributed by atoms with Gasteiger partial charge >= 0.3 is 6.09 Å². The minimum atomic E-state index is -0.356. The molecule has 1 heterocycles. The van der Waals surface area contributed by atoms with Crippen LogP contribution in [0.15, 0.2) is 54.6 Å². The Hall–Kier alpha value is -2.53. The van der Waals surface area contributed by atoms with Crippen molar-refractivity contribution in [2.45, 2.75) is 18.9 Å². The number of benzene rings is 2. The van der Waals surface area contributed by atoms with Gasteiger partial charge in [-0.15, -0.1) is 0 Å². The summed E-state index contributed by atoms with van der Waals surface area (Å²) in [7, 11) is 0. The first-order valence-electron chi connectivity index (χ1n) is 8.20. The molecule has 0 atom stereocenters. The van der Waals surface area contributed by atoms with Gasteiger partial charge in [-0.3, -0.25) is 4.79 Å². The molecule has 0 aliphatic carbocycles. The fraction of sp³-hybridized carbons (Fsp3) is 0.263. The lowest BCUT2D eigenvalue weighted by Gasteiger charge is -2.31. The second kappa shape index (κ2) is 8.03. The zero-order chi connectivity index (χ0) is 17.6. The maximum Gasteiger partial charge on any atom is 0.415 e. The highest BCUT2D eigenvalue weighted by molar-refractivity contribution is 6.30. The van der Waals surface area contributed by atoms with Gasteiger partial charge in [-0.05, 0) is 43.2 Å². The molecule has 1 aliphatic heterocycles. The molecule has 130 valence electrons. The predicted molar refractivity (Wildman–Crippen MR) is 96.0 cm³/mol. The molecule has 0 saturated carbocycles. The summed E-state index contributed by atoms with van der Waals surface area (Å²) < 4.78 is 5.34. The van der Waals surface area contributed by atoms with Gasteiger partial charge in [-0.1, -0.05) is 35.9 Å². The van der Waals surface area contributed by atoms with Gasteiger partial charge in [0.2, 0.25) is 0 Å². The molecule has 1 fully saturated rings. The molecule has 1 N–H and O–H groups in total. The third-order valence-electron chi connectivity index (χ3n) is 4.12. The lowest BCUT2D eigenvalue weighted by molar-refractivity contribution is 0.0910. The Morgan fingerprint density at radius 3 is 2.44 bits per heavy atom. The Bertz CT molecular complexity index is 743. The number of ether oxygens (including phenoxy) is 1. The number of halogens is 1. The van der Waals surface area contributed by atoms with E-state index in [4.69, 9.17) is 16.3 Å². The number of piperidine rings is 1. The van der Waals surface area contributed by atoms with Crippen LogP contribution < -0.4 is 10.1 Å². The van der Waals surface area contributed by atoms with E-state index in [9.17, 15) is 9.59 Å². The molecule has 0 spiro atoms. The first-order valence-corrected chi connectivity index (χ1v) is 8.58. The first-order chi connectivity index (χ1) is 12.1. The van der Waals surface area contributed by atoms with E-state index in [1.54, 1.807) is 41.3 Å². The maximum absolute atomic E-state index is 12.2.